The van der Waals surface area contributed by atoms with Gasteiger partial charge in [0.2, 0.25) is 15.9 Å². The molecule has 2 saturated heterocycles. The van der Waals surface area contributed by atoms with Crippen LogP contribution in [0.3, 0.4) is 0 Å². The summed E-state index contributed by atoms with van der Waals surface area (Å²) in [6, 6.07) is 9.46. The lowest BCUT2D eigenvalue weighted by Gasteiger charge is -2.34. The number of rotatable bonds is 4. The smallest absolute Gasteiger partial charge is 0.244 e. The molecule has 154 valence electrons. The van der Waals surface area contributed by atoms with Crippen LogP contribution in [0.4, 0.5) is 4.39 Å². The number of carbonyl (C=O) groups excluding carboxylic acids is 1. The summed E-state index contributed by atoms with van der Waals surface area (Å²) in [4.78, 5) is 19.1. The normalized spacial score (nSPS) is 21.4. The van der Waals surface area contributed by atoms with Crippen LogP contribution in [-0.4, -0.2) is 48.1 Å². The Kier molecular flexibility index (Phi) is 5.65. The van der Waals surface area contributed by atoms with E-state index in [0.29, 0.717) is 32.5 Å². The first kappa shape index (κ1) is 20.0. The Morgan fingerprint density at radius 2 is 1.76 bits per heavy atom. The number of amides is 1. The third kappa shape index (κ3) is 4.04. The molecule has 4 rings (SSSR count). The molecule has 0 aliphatic carbocycles. The third-order valence-electron chi connectivity index (χ3n) is 5.87. The quantitative estimate of drug-likeness (QED) is 0.767. The highest BCUT2D eigenvalue weighted by atomic mass is 32.2. The van der Waals surface area contributed by atoms with Gasteiger partial charge in [-0.15, -0.1) is 0 Å². The number of sulfonamides is 1. The topological polar surface area (TPSA) is 70.6 Å². The maximum Gasteiger partial charge on any atom is 0.244 e. The Bertz CT molecular complexity index is 958. The SMILES string of the molecule is O=C(C1CCN(S(=O)(=O)c2cccnc2)CC1)N1CCCC1c1ccc(F)cc1. The number of pyridine rings is 1. The molecule has 1 atom stereocenters. The van der Waals surface area contributed by atoms with Gasteiger partial charge in [0.25, 0.3) is 0 Å². The van der Waals surface area contributed by atoms with Crippen molar-refractivity contribution in [2.45, 2.75) is 36.6 Å². The first-order valence-electron chi connectivity index (χ1n) is 9.93. The molecular formula is C21H24FN3O3S. The summed E-state index contributed by atoms with van der Waals surface area (Å²) in [5, 5.41) is 0. The van der Waals surface area contributed by atoms with E-state index in [1.165, 1.54) is 34.9 Å². The van der Waals surface area contributed by atoms with Gasteiger partial charge in [-0.1, -0.05) is 12.1 Å². The highest BCUT2D eigenvalue weighted by Gasteiger charge is 2.37. The molecule has 3 heterocycles. The minimum absolute atomic E-state index is 0.0275. The van der Waals surface area contributed by atoms with Crippen molar-refractivity contribution in [3.8, 4) is 0 Å². The molecule has 1 amide bonds. The zero-order chi connectivity index (χ0) is 20.4. The highest BCUT2D eigenvalue weighted by Crippen LogP contribution is 2.35. The van der Waals surface area contributed by atoms with Crippen LogP contribution < -0.4 is 0 Å². The third-order valence-corrected chi connectivity index (χ3v) is 7.75. The van der Waals surface area contributed by atoms with Gasteiger partial charge in [0.05, 0.1) is 6.04 Å². The molecule has 29 heavy (non-hydrogen) atoms. The van der Waals surface area contributed by atoms with Crippen LogP contribution >= 0.6 is 0 Å². The second kappa shape index (κ2) is 8.20. The number of aromatic nitrogens is 1. The summed E-state index contributed by atoms with van der Waals surface area (Å²) >= 11 is 0. The van der Waals surface area contributed by atoms with E-state index in [0.717, 1.165) is 18.4 Å². The molecule has 2 aliphatic rings. The lowest BCUT2D eigenvalue weighted by atomic mass is 9.95. The summed E-state index contributed by atoms with van der Waals surface area (Å²) in [5.74, 6) is -0.390. The predicted octanol–water partition coefficient (Wildman–Crippen LogP) is 2.99. The van der Waals surface area contributed by atoms with Gasteiger partial charge in [0, 0.05) is 37.9 Å². The Balaban J connectivity index is 1.42. The van der Waals surface area contributed by atoms with E-state index in [2.05, 4.69) is 4.98 Å². The van der Waals surface area contributed by atoms with Gasteiger partial charge >= 0.3 is 0 Å². The summed E-state index contributed by atoms with van der Waals surface area (Å²) in [6.07, 6.45) is 5.69. The number of carbonyl (C=O) groups is 1. The lowest BCUT2D eigenvalue weighted by Crippen LogP contribution is -2.44. The molecule has 0 radical (unpaired) electrons. The van der Waals surface area contributed by atoms with E-state index in [1.54, 1.807) is 18.2 Å². The van der Waals surface area contributed by atoms with Crippen LogP contribution in [0, 0.1) is 11.7 Å². The van der Waals surface area contributed by atoms with E-state index in [9.17, 15) is 17.6 Å². The zero-order valence-electron chi connectivity index (χ0n) is 16.1. The van der Waals surface area contributed by atoms with Gasteiger partial charge in [0.1, 0.15) is 10.7 Å². The van der Waals surface area contributed by atoms with Gasteiger partial charge in [-0.05, 0) is 55.5 Å². The van der Waals surface area contributed by atoms with Crippen LogP contribution in [0.5, 0.6) is 0 Å². The fourth-order valence-electron chi connectivity index (χ4n) is 4.29. The Labute approximate surface area is 170 Å². The number of benzene rings is 1. The largest absolute Gasteiger partial charge is 0.335 e. The standard InChI is InChI=1S/C21H24FN3O3S/c22-18-7-5-16(6-8-18)20-4-2-12-25(20)21(26)17-9-13-24(14-10-17)29(27,28)19-3-1-11-23-15-19/h1,3,5-8,11,15,17,20H,2,4,9-10,12-14H2. The van der Waals surface area contributed by atoms with Crippen molar-refractivity contribution in [3.05, 3.63) is 60.2 Å². The predicted molar refractivity (Wildman–Crippen MR) is 106 cm³/mol. The molecule has 8 heteroatoms. The number of nitrogens with zero attached hydrogens (tertiary/aromatic N) is 3. The van der Waals surface area contributed by atoms with E-state index in [4.69, 9.17) is 0 Å². The summed E-state index contributed by atoms with van der Waals surface area (Å²) in [7, 11) is -3.58. The number of hydrogen-bond acceptors (Lipinski definition) is 4. The van der Waals surface area contributed by atoms with Crippen molar-refractivity contribution in [3.63, 3.8) is 0 Å². The molecule has 2 aliphatic heterocycles. The molecule has 1 aromatic carbocycles. The molecule has 0 spiro atoms. The maximum atomic E-state index is 13.2. The Morgan fingerprint density at radius 3 is 2.41 bits per heavy atom. The monoisotopic (exact) mass is 417 g/mol. The number of likely N-dealkylation sites (tertiary alicyclic amines) is 1. The maximum absolute atomic E-state index is 13.2. The zero-order valence-corrected chi connectivity index (χ0v) is 16.9. The number of halogens is 1. The molecule has 6 nitrogen and oxygen atoms in total. The Morgan fingerprint density at radius 1 is 1.03 bits per heavy atom. The van der Waals surface area contributed by atoms with Gasteiger partial charge in [-0.25, -0.2) is 12.8 Å². The van der Waals surface area contributed by atoms with Crippen molar-refractivity contribution in [1.82, 2.24) is 14.2 Å². The lowest BCUT2D eigenvalue weighted by molar-refractivity contribution is -0.137. The second-order valence-electron chi connectivity index (χ2n) is 7.61. The van der Waals surface area contributed by atoms with E-state index in [-0.39, 0.29) is 28.6 Å². The highest BCUT2D eigenvalue weighted by molar-refractivity contribution is 7.89. The van der Waals surface area contributed by atoms with Crippen LogP contribution in [0.1, 0.15) is 37.3 Å². The van der Waals surface area contributed by atoms with Crippen LogP contribution in [0.25, 0.3) is 0 Å². The van der Waals surface area contributed by atoms with Gasteiger partial charge < -0.3 is 4.90 Å². The van der Waals surface area contributed by atoms with Crippen molar-refractivity contribution in [2.24, 2.45) is 5.92 Å². The molecule has 0 bridgehead atoms. The number of piperidine rings is 1. The molecule has 0 saturated carbocycles. The van der Waals surface area contributed by atoms with Crippen LogP contribution in [-0.2, 0) is 14.8 Å². The molecule has 1 aromatic heterocycles. The van der Waals surface area contributed by atoms with E-state index in [1.807, 2.05) is 4.90 Å². The summed E-state index contributed by atoms with van der Waals surface area (Å²) in [5.41, 5.74) is 0.953. The van der Waals surface area contributed by atoms with Crippen molar-refractivity contribution < 1.29 is 17.6 Å². The summed E-state index contributed by atoms with van der Waals surface area (Å²) in [6.45, 7) is 1.33. The van der Waals surface area contributed by atoms with Gasteiger partial charge in [-0.2, -0.15) is 4.31 Å². The Hall–Kier alpha value is -2.32. The van der Waals surface area contributed by atoms with E-state index < -0.39 is 10.0 Å². The fraction of sp³-hybridized carbons (Fsp3) is 0.429. The second-order valence-corrected chi connectivity index (χ2v) is 9.55. The molecule has 2 fully saturated rings. The van der Waals surface area contributed by atoms with Gasteiger partial charge in [0.15, 0.2) is 0 Å². The molecular weight excluding hydrogens is 393 g/mol. The van der Waals surface area contributed by atoms with Crippen molar-refractivity contribution >= 4 is 15.9 Å². The van der Waals surface area contributed by atoms with E-state index >= 15 is 0 Å². The van der Waals surface area contributed by atoms with Crippen molar-refractivity contribution in [1.29, 1.82) is 0 Å². The average Bonchev–Trinajstić information content (AvgIpc) is 3.24. The van der Waals surface area contributed by atoms with Crippen LogP contribution in [0.15, 0.2) is 53.7 Å². The van der Waals surface area contributed by atoms with Crippen LogP contribution in [0.2, 0.25) is 0 Å². The fourth-order valence-corrected chi connectivity index (χ4v) is 5.72. The average molecular weight is 418 g/mol. The minimum Gasteiger partial charge on any atom is -0.335 e. The molecule has 0 N–H and O–H groups in total. The van der Waals surface area contributed by atoms with Crippen molar-refractivity contribution in [2.75, 3.05) is 19.6 Å². The molecule has 1 unspecified atom stereocenters. The minimum atomic E-state index is -3.58. The van der Waals surface area contributed by atoms with Gasteiger partial charge in [-0.3, -0.25) is 9.78 Å². The first-order valence-corrected chi connectivity index (χ1v) is 11.4. The first-order chi connectivity index (χ1) is 14.0. The summed E-state index contributed by atoms with van der Waals surface area (Å²) < 4.78 is 40.2. The molecule has 2 aromatic rings. The number of hydrogen-bond donors (Lipinski definition) is 0.